The number of anilines is 2. The predicted octanol–water partition coefficient (Wildman–Crippen LogP) is 2.05. The summed E-state index contributed by atoms with van der Waals surface area (Å²) in [6.07, 6.45) is 0. The van der Waals surface area contributed by atoms with Crippen molar-refractivity contribution < 1.29 is 0 Å². The van der Waals surface area contributed by atoms with Crippen molar-refractivity contribution in [3.63, 3.8) is 0 Å². The molecule has 0 aliphatic heterocycles. The van der Waals surface area contributed by atoms with Crippen molar-refractivity contribution in [1.29, 1.82) is 0 Å². The van der Waals surface area contributed by atoms with Gasteiger partial charge in [0.25, 0.3) is 0 Å². The molecule has 0 saturated carbocycles. The molecule has 0 aliphatic carbocycles. The monoisotopic (exact) mass is 214 g/mol. The average Bonchev–Trinajstić information content (AvgIpc) is 2.07. The number of nitrogens with two attached hydrogens (primary N) is 1. The second-order valence-corrected chi connectivity index (χ2v) is 4.46. The van der Waals surface area contributed by atoms with Crippen LogP contribution in [0.5, 0.6) is 0 Å². The van der Waals surface area contributed by atoms with E-state index in [1.165, 1.54) is 0 Å². The van der Waals surface area contributed by atoms with Gasteiger partial charge in [-0.25, -0.2) is 9.97 Å². The number of hydrogen-bond donors (Lipinski definition) is 2. The van der Waals surface area contributed by atoms with Gasteiger partial charge in [0.05, 0.1) is 0 Å². The van der Waals surface area contributed by atoms with Gasteiger partial charge in [-0.2, -0.15) is 0 Å². The highest BCUT2D eigenvalue weighted by atomic mass is 35.5. The smallest absolute Gasteiger partial charge is 0.157 e. The molecule has 0 aliphatic rings. The Morgan fingerprint density at radius 3 is 2.29 bits per heavy atom. The Kier molecular flexibility index (Phi) is 2.85. The highest BCUT2D eigenvalue weighted by Gasteiger charge is 2.20. The number of nitrogens with one attached hydrogen (secondary N) is 1. The van der Waals surface area contributed by atoms with Gasteiger partial charge < -0.3 is 11.1 Å². The summed E-state index contributed by atoms with van der Waals surface area (Å²) in [6.45, 7) is 6.07. The topological polar surface area (TPSA) is 63.8 Å². The van der Waals surface area contributed by atoms with E-state index in [1.54, 1.807) is 7.05 Å². The van der Waals surface area contributed by atoms with E-state index in [2.05, 4.69) is 15.3 Å². The van der Waals surface area contributed by atoms with Gasteiger partial charge in [0.15, 0.2) is 11.0 Å². The first kappa shape index (κ1) is 11.0. The van der Waals surface area contributed by atoms with Gasteiger partial charge in [0.1, 0.15) is 11.5 Å². The lowest BCUT2D eigenvalue weighted by atomic mass is 9.96. The van der Waals surface area contributed by atoms with E-state index in [0.29, 0.717) is 22.5 Å². The van der Waals surface area contributed by atoms with Gasteiger partial charge >= 0.3 is 0 Å². The zero-order valence-electron chi connectivity index (χ0n) is 8.85. The highest BCUT2D eigenvalue weighted by Crippen LogP contribution is 2.27. The molecule has 0 fully saturated rings. The molecule has 78 valence electrons. The average molecular weight is 215 g/mol. The Bertz CT molecular complexity index is 343. The van der Waals surface area contributed by atoms with Crippen LogP contribution in [0.15, 0.2) is 0 Å². The van der Waals surface area contributed by atoms with Crippen LogP contribution in [-0.4, -0.2) is 17.0 Å². The second kappa shape index (κ2) is 3.61. The fraction of sp³-hybridized carbons (Fsp3) is 0.556. The molecule has 0 spiro atoms. The lowest BCUT2D eigenvalue weighted by Crippen LogP contribution is -2.18. The van der Waals surface area contributed by atoms with E-state index in [0.717, 1.165) is 0 Å². The SMILES string of the molecule is CNc1nc(C(C)(C)C)nc(Cl)c1N. The summed E-state index contributed by atoms with van der Waals surface area (Å²) >= 11 is 5.89. The Hall–Kier alpha value is -1.03. The Morgan fingerprint density at radius 1 is 1.29 bits per heavy atom. The molecule has 1 rings (SSSR count). The summed E-state index contributed by atoms with van der Waals surface area (Å²) in [5.41, 5.74) is 5.94. The van der Waals surface area contributed by atoms with E-state index in [-0.39, 0.29) is 5.41 Å². The van der Waals surface area contributed by atoms with E-state index in [9.17, 15) is 0 Å². The van der Waals surface area contributed by atoms with Crippen LogP contribution in [0.1, 0.15) is 26.6 Å². The molecular weight excluding hydrogens is 200 g/mol. The molecule has 1 aromatic heterocycles. The predicted molar refractivity (Wildman–Crippen MR) is 59.7 cm³/mol. The second-order valence-electron chi connectivity index (χ2n) is 4.10. The van der Waals surface area contributed by atoms with Crippen LogP contribution < -0.4 is 11.1 Å². The summed E-state index contributed by atoms with van der Waals surface area (Å²) in [7, 11) is 1.75. The summed E-state index contributed by atoms with van der Waals surface area (Å²) in [5.74, 6) is 1.26. The minimum Gasteiger partial charge on any atom is -0.393 e. The van der Waals surface area contributed by atoms with E-state index in [1.807, 2.05) is 20.8 Å². The summed E-state index contributed by atoms with van der Waals surface area (Å²) < 4.78 is 0. The van der Waals surface area contributed by atoms with Gasteiger partial charge in [-0.15, -0.1) is 0 Å². The molecule has 0 saturated heterocycles. The first-order valence-electron chi connectivity index (χ1n) is 4.37. The van der Waals surface area contributed by atoms with E-state index >= 15 is 0 Å². The lowest BCUT2D eigenvalue weighted by molar-refractivity contribution is 0.546. The molecule has 0 amide bonds. The van der Waals surface area contributed by atoms with Crippen LogP contribution in [0, 0.1) is 0 Å². The molecule has 1 aromatic rings. The van der Waals surface area contributed by atoms with E-state index in [4.69, 9.17) is 17.3 Å². The van der Waals surface area contributed by atoms with Crippen molar-refractivity contribution in [2.75, 3.05) is 18.1 Å². The molecule has 4 nitrogen and oxygen atoms in total. The third-order valence-electron chi connectivity index (χ3n) is 1.81. The number of rotatable bonds is 1. The fourth-order valence-corrected chi connectivity index (χ4v) is 1.14. The van der Waals surface area contributed by atoms with Gasteiger partial charge in [-0.3, -0.25) is 0 Å². The van der Waals surface area contributed by atoms with Crippen molar-refractivity contribution in [2.45, 2.75) is 26.2 Å². The maximum atomic E-state index is 5.89. The van der Waals surface area contributed by atoms with Gasteiger partial charge in [0, 0.05) is 12.5 Å². The van der Waals surface area contributed by atoms with Gasteiger partial charge in [0.2, 0.25) is 0 Å². The van der Waals surface area contributed by atoms with E-state index < -0.39 is 0 Å². The largest absolute Gasteiger partial charge is 0.393 e. The number of aromatic nitrogens is 2. The van der Waals surface area contributed by atoms with Crippen molar-refractivity contribution in [1.82, 2.24) is 9.97 Å². The zero-order valence-corrected chi connectivity index (χ0v) is 9.61. The minimum atomic E-state index is -0.136. The summed E-state index contributed by atoms with van der Waals surface area (Å²) in [5, 5.41) is 3.19. The number of nitrogen functional groups attached to an aromatic ring is 1. The molecular formula is C9H15ClN4. The molecule has 0 aromatic carbocycles. The number of hydrogen-bond acceptors (Lipinski definition) is 4. The molecule has 3 N–H and O–H groups in total. The molecule has 5 heteroatoms. The Morgan fingerprint density at radius 2 is 1.86 bits per heavy atom. The minimum absolute atomic E-state index is 0.136. The molecule has 0 bridgehead atoms. The fourth-order valence-electron chi connectivity index (χ4n) is 0.968. The van der Waals surface area contributed by atoms with Gasteiger partial charge in [-0.1, -0.05) is 32.4 Å². The van der Waals surface area contributed by atoms with Crippen LogP contribution in [0.4, 0.5) is 11.5 Å². The maximum Gasteiger partial charge on any atom is 0.157 e. The van der Waals surface area contributed by atoms with Crippen molar-refractivity contribution in [3.05, 3.63) is 11.0 Å². The maximum absolute atomic E-state index is 5.89. The number of halogens is 1. The zero-order chi connectivity index (χ0) is 10.9. The Balaban J connectivity index is 3.30. The Labute approximate surface area is 88.9 Å². The van der Waals surface area contributed by atoms with Crippen LogP contribution in [0.3, 0.4) is 0 Å². The normalized spacial score (nSPS) is 11.5. The van der Waals surface area contributed by atoms with Crippen LogP contribution in [0.2, 0.25) is 5.15 Å². The summed E-state index contributed by atoms with van der Waals surface area (Å²) in [6, 6.07) is 0. The molecule has 0 radical (unpaired) electrons. The molecule has 0 unspecified atom stereocenters. The van der Waals surface area contributed by atoms with Crippen LogP contribution in [-0.2, 0) is 5.41 Å². The first-order valence-corrected chi connectivity index (χ1v) is 4.75. The standard InChI is InChI=1S/C9H15ClN4/c1-9(2,3)8-13-6(10)5(11)7(12-4)14-8/h11H2,1-4H3,(H,12,13,14). The highest BCUT2D eigenvalue weighted by molar-refractivity contribution is 6.32. The third kappa shape index (κ3) is 2.07. The first-order chi connectivity index (χ1) is 6.36. The quantitative estimate of drug-likeness (QED) is 0.703. The van der Waals surface area contributed by atoms with Gasteiger partial charge in [-0.05, 0) is 0 Å². The number of nitrogens with zero attached hydrogens (tertiary/aromatic N) is 2. The lowest BCUT2D eigenvalue weighted by Gasteiger charge is -2.18. The molecule has 14 heavy (non-hydrogen) atoms. The third-order valence-corrected chi connectivity index (χ3v) is 2.09. The van der Waals surface area contributed by atoms with Crippen molar-refractivity contribution >= 4 is 23.1 Å². The van der Waals surface area contributed by atoms with Crippen LogP contribution >= 0.6 is 11.6 Å². The van der Waals surface area contributed by atoms with Crippen molar-refractivity contribution in [3.8, 4) is 0 Å². The molecule has 0 atom stereocenters. The van der Waals surface area contributed by atoms with Crippen molar-refractivity contribution in [2.24, 2.45) is 0 Å². The summed E-state index contributed by atoms with van der Waals surface area (Å²) in [4.78, 5) is 8.43. The van der Waals surface area contributed by atoms with Crippen LogP contribution in [0.25, 0.3) is 0 Å². The molecule has 1 heterocycles.